The van der Waals surface area contributed by atoms with Gasteiger partial charge in [-0.25, -0.2) is 4.98 Å². The minimum atomic E-state index is -1.25. The molecule has 0 amide bonds. The van der Waals surface area contributed by atoms with Crippen LogP contribution in [0.3, 0.4) is 0 Å². The molecule has 0 aromatic rings. The summed E-state index contributed by atoms with van der Waals surface area (Å²) in [5, 5.41) is 12.4. The van der Waals surface area contributed by atoms with Crippen molar-refractivity contribution in [3.8, 4) is 10.6 Å². The van der Waals surface area contributed by atoms with Crippen molar-refractivity contribution in [1.82, 2.24) is 4.98 Å². The van der Waals surface area contributed by atoms with E-state index in [0.717, 1.165) is 51.7 Å². The molecule has 4 heteroatoms. The van der Waals surface area contributed by atoms with Gasteiger partial charge in [0.25, 0.3) is 0 Å². The van der Waals surface area contributed by atoms with Crippen molar-refractivity contribution in [1.29, 1.82) is 0 Å². The van der Waals surface area contributed by atoms with Gasteiger partial charge in [0, 0.05) is 10.1 Å². The van der Waals surface area contributed by atoms with Gasteiger partial charge in [-0.1, -0.05) is 53.7 Å². The van der Waals surface area contributed by atoms with Crippen LogP contribution in [-0.2, 0) is 5.60 Å². The van der Waals surface area contributed by atoms with Gasteiger partial charge in [-0.2, -0.15) is 0 Å². The zero-order valence-corrected chi connectivity index (χ0v) is 24.9. The standard InChI is InChI=1S/C33H45NO2S/c1-10-15-27-28(11-2)37-32-29(31(35)26(8)25(7)30(32)34-27)33(9,36)21-14-20-24(6)19-13-18-23(5)17-12-16-22(3)4/h10-11,15-16,18,20,36H,1,12-14,17,19,21H2,2-9H3/b23-18+,24-20+,27-15+,28-11+/t33-/m1/s1. The van der Waals surface area contributed by atoms with E-state index in [2.05, 4.69) is 52.5 Å². The van der Waals surface area contributed by atoms with Gasteiger partial charge in [-0.05, 0) is 106 Å². The molecular formula is C33H45NO2S. The number of allylic oxidation sites excluding steroid dienone is 7. The highest BCUT2D eigenvalue weighted by molar-refractivity contribution is 7.13. The quantitative estimate of drug-likeness (QED) is 0.315. The molecule has 0 unspecified atom stereocenters. The molecule has 0 aromatic heterocycles. The average molecular weight is 520 g/mol. The summed E-state index contributed by atoms with van der Waals surface area (Å²) in [6.07, 6.45) is 17.9. The van der Waals surface area contributed by atoms with Crippen LogP contribution >= 0.6 is 11.3 Å². The number of fused-ring (bicyclic) bond motifs is 1. The largest absolute Gasteiger partial charge is 0.385 e. The maximum absolute atomic E-state index is 13.4. The summed E-state index contributed by atoms with van der Waals surface area (Å²) in [6, 6.07) is 0. The molecule has 0 bridgehead atoms. The van der Waals surface area contributed by atoms with Crippen molar-refractivity contribution >= 4 is 23.5 Å². The lowest BCUT2D eigenvalue weighted by Crippen LogP contribution is -2.34. The molecule has 2 aliphatic rings. The molecule has 0 saturated heterocycles. The molecule has 2 rings (SSSR count). The van der Waals surface area contributed by atoms with Crippen LogP contribution in [0.15, 0.2) is 52.4 Å². The number of rotatable bonds is 11. The van der Waals surface area contributed by atoms with Crippen LogP contribution in [-0.4, -0.2) is 10.1 Å². The minimum absolute atomic E-state index is 0.0787. The van der Waals surface area contributed by atoms with E-state index in [1.165, 1.54) is 28.1 Å². The predicted molar refractivity (Wildman–Crippen MR) is 163 cm³/mol. The van der Waals surface area contributed by atoms with Gasteiger partial charge in [0.2, 0.25) is 0 Å². The molecule has 1 heterocycles. The second kappa shape index (κ2) is 13.8. The summed E-state index contributed by atoms with van der Waals surface area (Å²) in [6.45, 7) is 20.0. The number of benzene rings is 1. The lowest BCUT2D eigenvalue weighted by molar-refractivity contribution is 0.0484. The molecule has 37 heavy (non-hydrogen) atoms. The Balaban J connectivity index is 2.26. The Labute approximate surface area is 227 Å². The SMILES string of the molecule is C=C/C=c1/nc2c(C)c(C)c(=O)c([C@](C)(O)CC/C=C(\C)CC/C=C(\C)CCC=C(C)C)c-2s/c1=C/C. The van der Waals surface area contributed by atoms with Crippen molar-refractivity contribution in [2.24, 2.45) is 0 Å². The third kappa shape index (κ3) is 8.21. The number of hydrogen-bond donors (Lipinski definition) is 1. The van der Waals surface area contributed by atoms with Crippen LogP contribution in [0.5, 0.6) is 0 Å². The Morgan fingerprint density at radius 1 is 1.00 bits per heavy atom. The summed E-state index contributed by atoms with van der Waals surface area (Å²) in [5.74, 6) is 0. The van der Waals surface area contributed by atoms with E-state index in [9.17, 15) is 9.90 Å². The molecular weight excluding hydrogens is 474 g/mol. The number of aromatic nitrogens is 1. The van der Waals surface area contributed by atoms with E-state index >= 15 is 0 Å². The van der Waals surface area contributed by atoms with E-state index in [0.29, 0.717) is 24.0 Å². The first-order valence-corrected chi connectivity index (χ1v) is 14.1. The maximum atomic E-state index is 13.4. The van der Waals surface area contributed by atoms with Crippen LogP contribution < -0.4 is 15.3 Å². The zero-order valence-electron chi connectivity index (χ0n) is 24.1. The predicted octanol–water partition coefficient (Wildman–Crippen LogP) is 7.40. The maximum Gasteiger partial charge on any atom is 0.189 e. The molecule has 1 aliphatic carbocycles. The van der Waals surface area contributed by atoms with Gasteiger partial charge in [0.1, 0.15) is 0 Å². The van der Waals surface area contributed by atoms with Gasteiger partial charge in [0.15, 0.2) is 5.43 Å². The summed E-state index contributed by atoms with van der Waals surface area (Å²) in [5.41, 5.74) is 5.57. The third-order valence-corrected chi connectivity index (χ3v) is 8.21. The minimum Gasteiger partial charge on any atom is -0.385 e. The summed E-state index contributed by atoms with van der Waals surface area (Å²) >= 11 is 1.52. The van der Waals surface area contributed by atoms with Gasteiger partial charge in [-0.15, -0.1) is 11.3 Å². The molecule has 0 saturated carbocycles. The molecule has 0 spiro atoms. The summed E-state index contributed by atoms with van der Waals surface area (Å²) in [4.78, 5) is 19.1. The highest BCUT2D eigenvalue weighted by atomic mass is 32.1. The van der Waals surface area contributed by atoms with Gasteiger partial charge >= 0.3 is 0 Å². The number of nitrogens with zero attached hydrogens (tertiary/aromatic N) is 1. The van der Waals surface area contributed by atoms with E-state index in [1.807, 2.05) is 32.9 Å². The molecule has 3 nitrogen and oxygen atoms in total. The first-order valence-electron chi connectivity index (χ1n) is 13.3. The molecule has 0 aromatic carbocycles. The lowest BCUT2D eigenvalue weighted by atomic mass is 9.85. The Morgan fingerprint density at radius 3 is 2.16 bits per heavy atom. The highest BCUT2D eigenvalue weighted by Crippen LogP contribution is 2.36. The van der Waals surface area contributed by atoms with E-state index < -0.39 is 5.60 Å². The summed E-state index contributed by atoms with van der Waals surface area (Å²) < 4.78 is 0.965. The monoisotopic (exact) mass is 519 g/mol. The molecule has 1 N–H and O–H groups in total. The van der Waals surface area contributed by atoms with Crippen LogP contribution in [0.2, 0.25) is 0 Å². The van der Waals surface area contributed by atoms with Crippen LogP contribution in [0.1, 0.15) is 96.8 Å². The van der Waals surface area contributed by atoms with E-state index in [1.54, 1.807) is 13.0 Å². The van der Waals surface area contributed by atoms with E-state index in [4.69, 9.17) is 4.98 Å². The van der Waals surface area contributed by atoms with Crippen molar-refractivity contribution in [2.45, 2.75) is 99.5 Å². The molecule has 200 valence electrons. The zero-order chi connectivity index (χ0) is 27.8. The van der Waals surface area contributed by atoms with Gasteiger partial charge in [0.05, 0.1) is 27.1 Å². The van der Waals surface area contributed by atoms with Crippen molar-refractivity contribution < 1.29 is 5.11 Å². The van der Waals surface area contributed by atoms with Crippen molar-refractivity contribution in [2.75, 3.05) is 0 Å². The second-order valence-corrected chi connectivity index (χ2v) is 11.6. The topological polar surface area (TPSA) is 50.2 Å². The first kappa shape index (κ1) is 30.7. The third-order valence-electron chi connectivity index (χ3n) is 6.95. The summed E-state index contributed by atoms with van der Waals surface area (Å²) in [7, 11) is 0. The van der Waals surface area contributed by atoms with Crippen molar-refractivity contribution in [3.05, 3.63) is 84.4 Å². The van der Waals surface area contributed by atoms with Crippen LogP contribution in [0.4, 0.5) is 0 Å². The van der Waals surface area contributed by atoms with Crippen molar-refractivity contribution in [3.63, 3.8) is 0 Å². The smallest absolute Gasteiger partial charge is 0.189 e. The van der Waals surface area contributed by atoms with Crippen LogP contribution in [0, 0.1) is 13.8 Å². The highest BCUT2D eigenvalue weighted by Gasteiger charge is 2.33. The molecule has 1 aliphatic heterocycles. The van der Waals surface area contributed by atoms with E-state index in [-0.39, 0.29) is 5.43 Å². The molecule has 1 atom stereocenters. The molecule has 0 radical (unpaired) electrons. The molecule has 0 fully saturated rings. The Kier molecular flexibility index (Phi) is 11.5. The second-order valence-electron chi connectivity index (χ2n) is 10.6. The fourth-order valence-corrected chi connectivity index (χ4v) is 5.76. The Morgan fingerprint density at radius 2 is 1.59 bits per heavy atom. The number of aliphatic hydroxyl groups is 1. The Hall–Kier alpha value is -2.56. The number of hydrogen-bond acceptors (Lipinski definition) is 4. The fraction of sp³-hybridized carbons (Fsp3) is 0.455. The normalized spacial score (nSPS) is 15.3. The van der Waals surface area contributed by atoms with Gasteiger partial charge in [-0.3, -0.25) is 4.79 Å². The average Bonchev–Trinajstić information content (AvgIpc) is 2.82. The Bertz CT molecular complexity index is 1350. The first-order chi connectivity index (χ1) is 17.4. The lowest BCUT2D eigenvalue weighted by Gasteiger charge is -2.27. The fourth-order valence-electron chi connectivity index (χ4n) is 4.49. The van der Waals surface area contributed by atoms with Gasteiger partial charge < -0.3 is 5.11 Å². The van der Waals surface area contributed by atoms with Crippen LogP contribution in [0.25, 0.3) is 22.7 Å².